The summed E-state index contributed by atoms with van der Waals surface area (Å²) in [5, 5.41) is 17.0. The van der Waals surface area contributed by atoms with Crippen LogP contribution >= 0.6 is 0 Å². The molecular weight excluding hydrogens is 459 g/mol. The monoisotopic (exact) mass is 483 g/mol. The maximum absolute atomic E-state index is 16.1. The third-order valence-corrected chi connectivity index (χ3v) is 7.62. The van der Waals surface area contributed by atoms with Gasteiger partial charge in [0.25, 0.3) is 0 Å². The van der Waals surface area contributed by atoms with Crippen molar-refractivity contribution in [2.24, 2.45) is 0 Å². The minimum Gasteiger partial charge on any atom is -0.479 e. The summed E-state index contributed by atoms with van der Waals surface area (Å²) in [5.41, 5.74) is 1.08. The maximum atomic E-state index is 16.1. The Labute approximate surface area is 198 Å². The molecule has 4 aromatic rings. The number of aromatic nitrogens is 3. The van der Waals surface area contributed by atoms with E-state index in [9.17, 15) is 18.7 Å². The second kappa shape index (κ2) is 7.84. The van der Waals surface area contributed by atoms with Gasteiger partial charge in [0.15, 0.2) is 5.82 Å². The Morgan fingerprint density at radius 1 is 1.20 bits per heavy atom. The molecule has 35 heavy (non-hydrogen) atoms. The number of nitrogens with zero attached hydrogens (tertiary/aromatic N) is 2. The van der Waals surface area contributed by atoms with E-state index >= 15 is 4.39 Å². The number of halogens is 3. The first kappa shape index (κ1) is 22.2. The molecule has 2 aliphatic rings. The Hall–Kier alpha value is -3.33. The molecule has 1 aliphatic heterocycles. The number of benzene rings is 2. The zero-order valence-corrected chi connectivity index (χ0v) is 19.1. The number of alkyl halides is 1. The van der Waals surface area contributed by atoms with Crippen LogP contribution in [0.1, 0.15) is 54.3 Å². The van der Waals surface area contributed by atoms with E-state index in [0.717, 1.165) is 5.69 Å². The molecule has 6 nitrogen and oxygen atoms in total. The van der Waals surface area contributed by atoms with E-state index in [0.29, 0.717) is 59.2 Å². The fraction of sp³-hybridized carbons (Fsp3) is 0.385. The van der Waals surface area contributed by atoms with Crippen molar-refractivity contribution in [3.8, 4) is 5.69 Å². The molecule has 1 saturated carbocycles. The SMILES string of the molecule is Cc1cc(-n2c(C3CCOCC3)c(C3CC(F)(C(=O)O)C3)c3c(F)c4[nH]ncc4cc32)ccc1F. The van der Waals surface area contributed by atoms with E-state index < -0.39 is 23.4 Å². The van der Waals surface area contributed by atoms with Crippen LogP contribution in [-0.2, 0) is 9.53 Å². The molecule has 2 N–H and O–H groups in total. The molecular formula is C26H24F3N3O3. The van der Waals surface area contributed by atoms with Gasteiger partial charge >= 0.3 is 5.97 Å². The molecule has 2 aromatic carbocycles. The number of carboxylic acid groups (broad SMARTS) is 1. The molecule has 0 atom stereocenters. The number of nitrogens with one attached hydrogen (secondary N) is 1. The molecule has 6 rings (SSSR count). The summed E-state index contributed by atoms with van der Waals surface area (Å²) in [6, 6.07) is 6.59. The molecule has 2 aromatic heterocycles. The first-order valence-corrected chi connectivity index (χ1v) is 11.7. The number of rotatable bonds is 4. The average Bonchev–Trinajstić information content (AvgIpc) is 3.42. The second-order valence-electron chi connectivity index (χ2n) is 9.75. The Bertz CT molecular complexity index is 1480. The molecule has 0 unspecified atom stereocenters. The smallest absolute Gasteiger partial charge is 0.341 e. The quantitative estimate of drug-likeness (QED) is 0.393. The van der Waals surface area contributed by atoms with Gasteiger partial charge in [0, 0.05) is 41.3 Å². The van der Waals surface area contributed by atoms with Crippen LogP contribution in [0.3, 0.4) is 0 Å². The van der Waals surface area contributed by atoms with Crippen LogP contribution in [0.2, 0.25) is 0 Å². The largest absolute Gasteiger partial charge is 0.479 e. The van der Waals surface area contributed by atoms with Crippen molar-refractivity contribution in [1.29, 1.82) is 0 Å². The molecule has 182 valence electrons. The van der Waals surface area contributed by atoms with Gasteiger partial charge in [-0.25, -0.2) is 18.0 Å². The normalized spacial score (nSPS) is 23.1. The van der Waals surface area contributed by atoms with Gasteiger partial charge < -0.3 is 14.4 Å². The van der Waals surface area contributed by atoms with Crippen LogP contribution in [0, 0.1) is 18.6 Å². The summed E-state index contributed by atoms with van der Waals surface area (Å²) in [5.74, 6) is -2.80. The topological polar surface area (TPSA) is 80.1 Å². The molecule has 0 radical (unpaired) electrons. The zero-order valence-electron chi connectivity index (χ0n) is 19.1. The Balaban J connectivity index is 1.69. The standard InChI is InChI=1S/C26H24F3N3O3/c1-13-8-17(2-3-18(13)27)32-19-9-15-12-30-31-23(15)22(28)21(19)20(16-10-26(29,11-16)25(33)34)24(32)14-4-6-35-7-5-14/h2-3,8-9,12,14,16H,4-7,10-11H2,1H3,(H,30,31)(H,33,34). The number of H-pyrrole nitrogens is 1. The Kier molecular flexibility index (Phi) is 4.96. The summed E-state index contributed by atoms with van der Waals surface area (Å²) >= 11 is 0. The van der Waals surface area contributed by atoms with E-state index in [1.54, 1.807) is 25.3 Å². The fourth-order valence-electron chi connectivity index (χ4n) is 5.78. The lowest BCUT2D eigenvalue weighted by Crippen LogP contribution is -2.45. The lowest BCUT2D eigenvalue weighted by atomic mass is 9.67. The Morgan fingerprint density at radius 3 is 2.63 bits per heavy atom. The molecule has 0 spiro atoms. The average molecular weight is 483 g/mol. The first-order chi connectivity index (χ1) is 16.8. The minimum absolute atomic E-state index is 0.00758. The van der Waals surface area contributed by atoms with Gasteiger partial charge in [-0.05, 0) is 73.9 Å². The third kappa shape index (κ3) is 3.28. The van der Waals surface area contributed by atoms with Crippen LogP contribution in [0.4, 0.5) is 13.2 Å². The van der Waals surface area contributed by atoms with Crippen molar-refractivity contribution in [3.63, 3.8) is 0 Å². The van der Waals surface area contributed by atoms with Crippen LogP contribution in [0.25, 0.3) is 27.5 Å². The van der Waals surface area contributed by atoms with Gasteiger partial charge in [-0.1, -0.05) is 0 Å². The summed E-state index contributed by atoms with van der Waals surface area (Å²) in [7, 11) is 0. The van der Waals surface area contributed by atoms with Gasteiger partial charge in [-0.2, -0.15) is 5.10 Å². The molecule has 0 amide bonds. The highest BCUT2D eigenvalue weighted by atomic mass is 19.1. The predicted octanol–water partition coefficient (Wildman–Crippen LogP) is 5.66. The number of carbonyl (C=O) groups is 1. The highest BCUT2D eigenvalue weighted by Crippen LogP contribution is 2.54. The minimum atomic E-state index is -2.33. The zero-order chi connectivity index (χ0) is 24.5. The first-order valence-electron chi connectivity index (χ1n) is 11.7. The summed E-state index contributed by atoms with van der Waals surface area (Å²) in [4.78, 5) is 11.5. The summed E-state index contributed by atoms with van der Waals surface area (Å²) in [6.45, 7) is 2.74. The molecule has 2 fully saturated rings. The predicted molar refractivity (Wildman–Crippen MR) is 124 cm³/mol. The maximum Gasteiger partial charge on any atom is 0.341 e. The van der Waals surface area contributed by atoms with Crippen molar-refractivity contribution in [1.82, 2.24) is 14.8 Å². The lowest BCUT2D eigenvalue weighted by Gasteiger charge is -2.39. The van der Waals surface area contributed by atoms with Gasteiger partial charge in [-0.3, -0.25) is 5.10 Å². The molecule has 1 aliphatic carbocycles. The van der Waals surface area contributed by atoms with Crippen molar-refractivity contribution < 1.29 is 27.8 Å². The highest BCUT2D eigenvalue weighted by Gasteiger charge is 2.53. The van der Waals surface area contributed by atoms with E-state index in [1.165, 1.54) is 6.07 Å². The highest BCUT2D eigenvalue weighted by molar-refractivity contribution is 6.00. The summed E-state index contributed by atoms with van der Waals surface area (Å²) in [6.07, 6.45) is 2.48. The van der Waals surface area contributed by atoms with Crippen molar-refractivity contribution in [2.75, 3.05) is 13.2 Å². The number of aromatic amines is 1. The van der Waals surface area contributed by atoms with E-state index in [1.807, 2.05) is 10.6 Å². The lowest BCUT2D eigenvalue weighted by molar-refractivity contribution is -0.158. The van der Waals surface area contributed by atoms with Crippen LogP contribution in [-0.4, -0.2) is 44.7 Å². The van der Waals surface area contributed by atoms with E-state index in [4.69, 9.17) is 4.74 Å². The number of ether oxygens (including phenoxy) is 1. The molecule has 9 heteroatoms. The number of carboxylic acids is 1. The van der Waals surface area contributed by atoms with Gasteiger partial charge in [0.1, 0.15) is 11.3 Å². The number of fused-ring (bicyclic) bond motifs is 2. The number of aryl methyl sites for hydroxylation is 1. The Morgan fingerprint density at radius 2 is 1.94 bits per heavy atom. The van der Waals surface area contributed by atoms with E-state index in [2.05, 4.69) is 10.2 Å². The van der Waals surface area contributed by atoms with Crippen molar-refractivity contribution in [2.45, 2.75) is 50.1 Å². The third-order valence-electron chi connectivity index (χ3n) is 7.62. The van der Waals surface area contributed by atoms with Crippen molar-refractivity contribution in [3.05, 3.63) is 58.9 Å². The summed E-state index contributed by atoms with van der Waals surface area (Å²) < 4.78 is 52.7. The van der Waals surface area contributed by atoms with Crippen LogP contribution in [0.5, 0.6) is 0 Å². The number of hydrogen-bond donors (Lipinski definition) is 2. The molecule has 3 heterocycles. The van der Waals surface area contributed by atoms with Gasteiger partial charge in [0.2, 0.25) is 5.67 Å². The van der Waals surface area contributed by atoms with Crippen LogP contribution < -0.4 is 0 Å². The van der Waals surface area contributed by atoms with Gasteiger partial charge in [0.05, 0.1) is 11.7 Å². The van der Waals surface area contributed by atoms with Crippen LogP contribution in [0.15, 0.2) is 30.5 Å². The van der Waals surface area contributed by atoms with Crippen molar-refractivity contribution >= 4 is 27.8 Å². The number of hydrogen-bond acceptors (Lipinski definition) is 3. The number of aliphatic carboxylic acids is 1. The molecule has 0 bridgehead atoms. The molecule has 1 saturated heterocycles. The van der Waals surface area contributed by atoms with Gasteiger partial charge in [-0.15, -0.1) is 0 Å². The van der Waals surface area contributed by atoms with E-state index in [-0.39, 0.29) is 30.1 Å². The fourth-order valence-corrected chi connectivity index (χ4v) is 5.78. The second-order valence-corrected chi connectivity index (χ2v) is 9.75.